The van der Waals surface area contributed by atoms with E-state index in [1.165, 1.54) is 38.5 Å². The fourth-order valence-corrected chi connectivity index (χ4v) is 4.32. The Morgan fingerprint density at radius 1 is 1.10 bits per heavy atom. The van der Waals surface area contributed by atoms with Gasteiger partial charge in [-0.15, -0.1) is 0 Å². The summed E-state index contributed by atoms with van der Waals surface area (Å²) in [7, 11) is 2.10. The summed E-state index contributed by atoms with van der Waals surface area (Å²) < 4.78 is 7.43. The Labute approximate surface area is 130 Å². The van der Waals surface area contributed by atoms with Crippen molar-refractivity contribution in [3.05, 3.63) is 28.7 Å². The van der Waals surface area contributed by atoms with Crippen LogP contribution < -0.4 is 10.1 Å². The number of hydrogen-bond donors (Lipinski definition) is 1. The third-order valence-corrected chi connectivity index (χ3v) is 5.79. The second kappa shape index (κ2) is 6.07. The molecule has 0 radical (unpaired) electrons. The second-order valence-corrected chi connectivity index (χ2v) is 7.20. The van der Waals surface area contributed by atoms with Gasteiger partial charge in [0, 0.05) is 22.4 Å². The molecule has 2 nitrogen and oxygen atoms in total. The molecule has 1 aromatic rings. The highest BCUT2D eigenvalue weighted by Gasteiger charge is 2.55. The SMILES string of the molecule is CNC1CC(Oc2ccc(Br)cc2)C12CCCCCC2. The van der Waals surface area contributed by atoms with Crippen LogP contribution in [0.4, 0.5) is 0 Å². The highest BCUT2D eigenvalue weighted by molar-refractivity contribution is 9.10. The van der Waals surface area contributed by atoms with Crippen LogP contribution in [0.3, 0.4) is 0 Å². The van der Waals surface area contributed by atoms with Crippen LogP contribution in [0.1, 0.15) is 44.9 Å². The lowest BCUT2D eigenvalue weighted by Gasteiger charge is -2.55. The van der Waals surface area contributed by atoms with Gasteiger partial charge in [-0.05, 0) is 44.2 Å². The van der Waals surface area contributed by atoms with E-state index >= 15 is 0 Å². The van der Waals surface area contributed by atoms with E-state index in [4.69, 9.17) is 4.74 Å². The zero-order valence-corrected chi connectivity index (χ0v) is 13.8. The summed E-state index contributed by atoms with van der Waals surface area (Å²) in [6.45, 7) is 0. The molecule has 2 aliphatic carbocycles. The maximum absolute atomic E-state index is 6.33. The van der Waals surface area contributed by atoms with Gasteiger partial charge in [0.05, 0.1) is 0 Å². The number of nitrogens with one attached hydrogen (secondary N) is 1. The Bertz CT molecular complexity index is 437. The molecule has 1 aromatic carbocycles. The molecule has 0 amide bonds. The van der Waals surface area contributed by atoms with Crippen molar-refractivity contribution in [2.24, 2.45) is 5.41 Å². The van der Waals surface area contributed by atoms with E-state index in [9.17, 15) is 0 Å². The molecule has 2 saturated carbocycles. The van der Waals surface area contributed by atoms with Crippen molar-refractivity contribution in [3.63, 3.8) is 0 Å². The van der Waals surface area contributed by atoms with Crippen LogP contribution in [0.5, 0.6) is 5.75 Å². The Morgan fingerprint density at radius 2 is 1.75 bits per heavy atom. The minimum Gasteiger partial charge on any atom is -0.490 e. The first-order valence-electron chi connectivity index (χ1n) is 7.84. The van der Waals surface area contributed by atoms with Crippen LogP contribution in [-0.4, -0.2) is 19.2 Å². The van der Waals surface area contributed by atoms with Crippen LogP contribution in [0.15, 0.2) is 28.7 Å². The molecule has 110 valence electrons. The predicted octanol–water partition coefficient (Wildman–Crippen LogP) is 4.53. The highest BCUT2D eigenvalue weighted by atomic mass is 79.9. The molecule has 1 spiro atoms. The molecule has 2 atom stereocenters. The van der Waals surface area contributed by atoms with Gasteiger partial charge in [-0.3, -0.25) is 0 Å². The van der Waals surface area contributed by atoms with Gasteiger partial charge in [-0.1, -0.05) is 41.6 Å². The summed E-state index contributed by atoms with van der Waals surface area (Å²) >= 11 is 3.48. The second-order valence-electron chi connectivity index (χ2n) is 6.28. The summed E-state index contributed by atoms with van der Waals surface area (Å²) in [4.78, 5) is 0. The van der Waals surface area contributed by atoms with Crippen molar-refractivity contribution < 1.29 is 4.74 Å². The third kappa shape index (κ3) is 2.62. The molecule has 1 N–H and O–H groups in total. The fraction of sp³-hybridized carbons (Fsp3) is 0.647. The zero-order chi connectivity index (χ0) is 14.0. The zero-order valence-electron chi connectivity index (χ0n) is 12.2. The first-order chi connectivity index (χ1) is 9.74. The molecule has 0 heterocycles. The molecule has 2 unspecified atom stereocenters. The van der Waals surface area contributed by atoms with Crippen LogP contribution in [0, 0.1) is 5.41 Å². The Hall–Kier alpha value is -0.540. The predicted molar refractivity (Wildman–Crippen MR) is 86.2 cm³/mol. The van der Waals surface area contributed by atoms with E-state index in [2.05, 4.69) is 52.6 Å². The summed E-state index contributed by atoms with van der Waals surface area (Å²) in [6, 6.07) is 8.90. The molecule has 3 rings (SSSR count). The molecule has 2 fully saturated rings. The molecular formula is C17H24BrNO. The van der Waals surface area contributed by atoms with E-state index in [1.54, 1.807) is 0 Å². The van der Waals surface area contributed by atoms with Crippen molar-refractivity contribution in [2.45, 2.75) is 57.1 Å². The topological polar surface area (TPSA) is 21.3 Å². The van der Waals surface area contributed by atoms with Gasteiger partial charge in [-0.25, -0.2) is 0 Å². The first-order valence-corrected chi connectivity index (χ1v) is 8.63. The van der Waals surface area contributed by atoms with Crippen molar-refractivity contribution in [2.75, 3.05) is 7.05 Å². The van der Waals surface area contributed by atoms with Crippen molar-refractivity contribution in [1.29, 1.82) is 0 Å². The maximum atomic E-state index is 6.33. The highest BCUT2D eigenvalue weighted by Crippen LogP contribution is 2.52. The van der Waals surface area contributed by atoms with E-state index in [-0.39, 0.29) is 0 Å². The number of rotatable bonds is 3. The normalized spacial score (nSPS) is 28.7. The Balaban J connectivity index is 1.73. The molecular weight excluding hydrogens is 314 g/mol. The minimum absolute atomic E-state index is 0.373. The average Bonchev–Trinajstić information content (AvgIpc) is 2.73. The number of hydrogen-bond acceptors (Lipinski definition) is 2. The van der Waals surface area contributed by atoms with E-state index in [0.717, 1.165) is 16.6 Å². The van der Waals surface area contributed by atoms with Gasteiger partial charge < -0.3 is 10.1 Å². The average molecular weight is 338 g/mol. The first kappa shape index (κ1) is 14.4. The van der Waals surface area contributed by atoms with Gasteiger partial charge in [0.15, 0.2) is 0 Å². The molecule has 0 aromatic heterocycles. The molecule has 20 heavy (non-hydrogen) atoms. The number of halogens is 1. The van der Waals surface area contributed by atoms with Crippen LogP contribution in [0.25, 0.3) is 0 Å². The number of benzene rings is 1. The molecule has 0 saturated heterocycles. The molecule has 2 aliphatic rings. The summed E-state index contributed by atoms with van der Waals surface area (Å²) in [5.74, 6) is 1.01. The molecule has 0 aliphatic heterocycles. The third-order valence-electron chi connectivity index (χ3n) is 5.26. The maximum Gasteiger partial charge on any atom is 0.119 e. The van der Waals surface area contributed by atoms with Gasteiger partial charge in [0.25, 0.3) is 0 Å². The van der Waals surface area contributed by atoms with Crippen LogP contribution in [-0.2, 0) is 0 Å². The minimum atomic E-state index is 0.373. The van der Waals surface area contributed by atoms with Crippen LogP contribution in [0.2, 0.25) is 0 Å². The molecule has 3 heteroatoms. The van der Waals surface area contributed by atoms with E-state index in [0.29, 0.717) is 17.6 Å². The van der Waals surface area contributed by atoms with Gasteiger partial charge >= 0.3 is 0 Å². The standard InChI is InChI=1S/C17H24BrNO/c1-19-15-12-16(17(15)10-4-2-3-5-11-17)20-14-8-6-13(18)7-9-14/h6-9,15-16,19H,2-5,10-12H2,1H3. The van der Waals surface area contributed by atoms with Gasteiger partial charge in [0.1, 0.15) is 11.9 Å². The van der Waals surface area contributed by atoms with E-state index < -0.39 is 0 Å². The van der Waals surface area contributed by atoms with E-state index in [1.807, 2.05) is 0 Å². The quantitative estimate of drug-likeness (QED) is 0.874. The van der Waals surface area contributed by atoms with Gasteiger partial charge in [-0.2, -0.15) is 0 Å². The monoisotopic (exact) mass is 337 g/mol. The fourth-order valence-electron chi connectivity index (χ4n) is 4.05. The molecule has 0 bridgehead atoms. The summed E-state index contributed by atoms with van der Waals surface area (Å²) in [5.41, 5.74) is 0.373. The summed E-state index contributed by atoms with van der Waals surface area (Å²) in [5, 5.41) is 3.53. The Morgan fingerprint density at radius 3 is 2.35 bits per heavy atom. The van der Waals surface area contributed by atoms with Crippen molar-refractivity contribution >= 4 is 15.9 Å². The lowest BCUT2D eigenvalue weighted by Crippen LogP contribution is -2.64. The van der Waals surface area contributed by atoms with Gasteiger partial charge in [0.2, 0.25) is 0 Å². The van der Waals surface area contributed by atoms with Crippen molar-refractivity contribution in [3.8, 4) is 5.75 Å². The smallest absolute Gasteiger partial charge is 0.119 e. The number of ether oxygens (including phenoxy) is 1. The van der Waals surface area contributed by atoms with Crippen molar-refractivity contribution in [1.82, 2.24) is 5.32 Å². The lowest BCUT2D eigenvalue weighted by molar-refractivity contribution is -0.0882. The summed E-state index contributed by atoms with van der Waals surface area (Å²) in [6.07, 6.45) is 9.67. The largest absolute Gasteiger partial charge is 0.490 e. The lowest BCUT2D eigenvalue weighted by atomic mass is 9.58. The Kier molecular flexibility index (Phi) is 4.37. The van der Waals surface area contributed by atoms with Crippen LogP contribution >= 0.6 is 15.9 Å².